The van der Waals surface area contributed by atoms with Gasteiger partial charge in [-0.2, -0.15) is 10.4 Å². The summed E-state index contributed by atoms with van der Waals surface area (Å²) in [6.45, 7) is 1.73. The summed E-state index contributed by atoms with van der Waals surface area (Å²) in [5, 5.41) is 18.3. The molecule has 0 saturated heterocycles. The number of para-hydroxylation sites is 3. The first-order valence-corrected chi connectivity index (χ1v) is 12.9. The van der Waals surface area contributed by atoms with Crippen molar-refractivity contribution in [1.29, 1.82) is 5.26 Å². The van der Waals surface area contributed by atoms with Crippen molar-refractivity contribution in [1.82, 2.24) is 19.1 Å². The van der Waals surface area contributed by atoms with E-state index in [1.54, 1.807) is 41.7 Å². The molecule has 1 amide bonds. The Hall–Kier alpha value is -5.88. The number of amides is 1. The van der Waals surface area contributed by atoms with Crippen LogP contribution in [0.3, 0.4) is 0 Å². The number of nitrogens with one attached hydrogen (secondary N) is 1. The molecule has 0 radical (unpaired) electrons. The summed E-state index contributed by atoms with van der Waals surface area (Å²) in [6.07, 6.45) is 3.19. The lowest BCUT2D eigenvalue weighted by Gasteiger charge is -2.07. The maximum atomic E-state index is 13.4. The third-order valence-corrected chi connectivity index (χ3v) is 6.88. The van der Waals surface area contributed by atoms with Crippen LogP contribution < -0.4 is 10.9 Å². The highest BCUT2D eigenvalue weighted by Gasteiger charge is 2.22. The van der Waals surface area contributed by atoms with Gasteiger partial charge in [-0.1, -0.05) is 54.6 Å². The van der Waals surface area contributed by atoms with Crippen LogP contribution in [0.2, 0.25) is 0 Å². The Balaban J connectivity index is 1.41. The number of carbonyl (C=O) groups excluding carboxylic acids is 1. The van der Waals surface area contributed by atoms with Crippen LogP contribution in [0.1, 0.15) is 11.3 Å². The summed E-state index contributed by atoms with van der Waals surface area (Å²) >= 11 is 0. The highest BCUT2D eigenvalue weighted by atomic mass is 16.3. The number of benzene rings is 3. The van der Waals surface area contributed by atoms with Crippen molar-refractivity contribution in [2.45, 2.75) is 6.92 Å². The van der Waals surface area contributed by atoms with Gasteiger partial charge in [0.05, 0.1) is 17.1 Å². The van der Waals surface area contributed by atoms with Crippen LogP contribution in [0.4, 0.5) is 5.69 Å². The third-order valence-electron chi connectivity index (χ3n) is 6.88. The first-order chi connectivity index (χ1) is 19.9. The van der Waals surface area contributed by atoms with Gasteiger partial charge in [-0.25, -0.2) is 9.36 Å². The first-order valence-electron chi connectivity index (χ1n) is 12.9. The molecule has 41 heavy (non-hydrogen) atoms. The number of carbonyl (C=O) groups is 1. The van der Waals surface area contributed by atoms with Gasteiger partial charge in [0.1, 0.15) is 28.6 Å². The van der Waals surface area contributed by atoms with Crippen LogP contribution in [0, 0.1) is 18.3 Å². The lowest BCUT2D eigenvalue weighted by atomic mass is 10.1. The van der Waals surface area contributed by atoms with Crippen molar-refractivity contribution in [3.63, 3.8) is 0 Å². The average molecular weight is 541 g/mol. The number of nitriles is 1. The number of hydrogen-bond acceptors (Lipinski definition) is 5. The zero-order chi connectivity index (χ0) is 28.5. The molecule has 0 aliphatic heterocycles. The smallest absolute Gasteiger partial charge is 0.295 e. The molecule has 3 aromatic heterocycles. The monoisotopic (exact) mass is 540 g/mol. The fourth-order valence-electron chi connectivity index (χ4n) is 4.69. The minimum absolute atomic E-state index is 0.0972. The molecule has 0 unspecified atom stereocenters. The van der Waals surface area contributed by atoms with E-state index in [-0.39, 0.29) is 11.3 Å². The molecule has 3 heterocycles. The van der Waals surface area contributed by atoms with E-state index in [1.807, 2.05) is 84.9 Å². The molecule has 0 bridgehead atoms. The van der Waals surface area contributed by atoms with Gasteiger partial charge < -0.3 is 9.73 Å². The summed E-state index contributed by atoms with van der Waals surface area (Å²) in [5.41, 5.74) is 3.17. The van der Waals surface area contributed by atoms with Crippen molar-refractivity contribution < 1.29 is 9.21 Å². The Labute approximate surface area is 234 Å². The maximum absolute atomic E-state index is 13.4. The Kier molecular flexibility index (Phi) is 6.42. The van der Waals surface area contributed by atoms with Gasteiger partial charge in [0, 0.05) is 24.2 Å². The summed E-state index contributed by atoms with van der Waals surface area (Å²) in [7, 11) is 1.73. The molecule has 3 aromatic carbocycles. The molecule has 0 spiro atoms. The van der Waals surface area contributed by atoms with E-state index in [2.05, 4.69) is 5.32 Å². The number of rotatable bonds is 6. The molecule has 1 N–H and O–H groups in total. The van der Waals surface area contributed by atoms with Crippen molar-refractivity contribution in [2.24, 2.45) is 7.05 Å². The number of anilines is 1. The lowest BCUT2D eigenvalue weighted by molar-refractivity contribution is -0.112. The Morgan fingerprint density at radius 1 is 0.976 bits per heavy atom. The lowest BCUT2D eigenvalue weighted by Crippen LogP contribution is -2.23. The summed E-state index contributed by atoms with van der Waals surface area (Å²) in [5.74, 6) is -0.212. The van der Waals surface area contributed by atoms with Gasteiger partial charge in [-0.3, -0.25) is 14.3 Å². The molecule has 0 aliphatic rings. The SMILES string of the molecule is Cc1c(NC(=O)C(C#N)=Cc2cn(-c3ccccc3)nc2-c2cc3ccccc3o2)c(=O)n(-c2ccccc2)n1C. The van der Waals surface area contributed by atoms with Gasteiger partial charge in [0.25, 0.3) is 11.5 Å². The standard InChI is InChI=1S/C32H24N6O3/c1-21-29(32(40)38(36(21)2)26-14-7-4-8-15-26)34-31(39)23(19-33)17-24-20-37(25-12-5-3-6-13-25)35-30(24)28-18-22-11-9-10-16-27(22)41-28/h3-18,20H,1-2H3,(H,34,39). The van der Waals surface area contributed by atoms with Crippen LogP contribution in [-0.4, -0.2) is 25.1 Å². The fraction of sp³-hybridized carbons (Fsp3) is 0.0625. The fourth-order valence-corrected chi connectivity index (χ4v) is 4.69. The second-order valence-corrected chi connectivity index (χ2v) is 9.42. The second kappa shape index (κ2) is 10.4. The summed E-state index contributed by atoms with van der Waals surface area (Å²) < 4.78 is 10.9. The molecular weight excluding hydrogens is 516 g/mol. The number of fused-ring (bicyclic) bond motifs is 1. The van der Waals surface area contributed by atoms with Crippen molar-refractivity contribution >= 4 is 28.6 Å². The van der Waals surface area contributed by atoms with E-state index in [0.29, 0.717) is 34.0 Å². The predicted octanol–water partition coefficient (Wildman–Crippen LogP) is 5.63. The third kappa shape index (κ3) is 4.64. The topological polar surface area (TPSA) is 111 Å². The van der Waals surface area contributed by atoms with Gasteiger partial charge in [-0.05, 0) is 49.4 Å². The molecule has 200 valence electrons. The number of hydrogen-bond donors (Lipinski definition) is 1. The Bertz CT molecular complexity index is 2000. The van der Waals surface area contributed by atoms with Crippen molar-refractivity contribution in [3.05, 3.63) is 124 Å². The van der Waals surface area contributed by atoms with E-state index >= 15 is 0 Å². The average Bonchev–Trinajstić information content (AvgIpc) is 3.68. The molecule has 0 saturated carbocycles. The molecular formula is C32H24N6O3. The normalized spacial score (nSPS) is 11.5. The van der Waals surface area contributed by atoms with Gasteiger partial charge in [0.2, 0.25) is 0 Å². The Morgan fingerprint density at radius 3 is 2.32 bits per heavy atom. The van der Waals surface area contributed by atoms with E-state index in [4.69, 9.17) is 9.52 Å². The van der Waals surface area contributed by atoms with E-state index in [9.17, 15) is 14.9 Å². The number of nitrogens with zero attached hydrogens (tertiary/aromatic N) is 5. The zero-order valence-corrected chi connectivity index (χ0v) is 22.3. The summed E-state index contributed by atoms with van der Waals surface area (Å²) in [6, 6.07) is 30.1. The van der Waals surface area contributed by atoms with Crippen molar-refractivity contribution in [2.75, 3.05) is 5.32 Å². The second-order valence-electron chi connectivity index (χ2n) is 9.42. The van der Waals surface area contributed by atoms with Crippen LogP contribution in [0.25, 0.3) is 39.9 Å². The van der Waals surface area contributed by atoms with Crippen LogP contribution in [0.15, 0.2) is 112 Å². The molecule has 6 aromatic rings. The molecule has 9 nitrogen and oxygen atoms in total. The minimum Gasteiger partial charge on any atom is -0.454 e. The first kappa shape index (κ1) is 25.4. The minimum atomic E-state index is -0.707. The molecule has 6 rings (SSSR count). The van der Waals surface area contributed by atoms with Crippen LogP contribution in [-0.2, 0) is 11.8 Å². The van der Waals surface area contributed by atoms with E-state index in [0.717, 1.165) is 11.1 Å². The van der Waals surface area contributed by atoms with Gasteiger partial charge >= 0.3 is 0 Å². The van der Waals surface area contributed by atoms with Gasteiger partial charge in [-0.15, -0.1) is 0 Å². The van der Waals surface area contributed by atoms with Crippen LogP contribution in [0.5, 0.6) is 0 Å². The summed E-state index contributed by atoms with van der Waals surface area (Å²) in [4.78, 5) is 26.7. The van der Waals surface area contributed by atoms with Gasteiger partial charge in [0.15, 0.2) is 5.76 Å². The predicted molar refractivity (Wildman–Crippen MR) is 157 cm³/mol. The molecule has 0 fully saturated rings. The number of aromatic nitrogens is 4. The van der Waals surface area contributed by atoms with E-state index < -0.39 is 11.5 Å². The largest absolute Gasteiger partial charge is 0.454 e. The van der Waals surface area contributed by atoms with E-state index in [1.165, 1.54) is 10.8 Å². The Morgan fingerprint density at radius 2 is 1.63 bits per heavy atom. The molecule has 0 atom stereocenters. The highest BCUT2D eigenvalue weighted by Crippen LogP contribution is 2.31. The molecule has 0 aliphatic carbocycles. The van der Waals surface area contributed by atoms with Crippen LogP contribution >= 0.6 is 0 Å². The van der Waals surface area contributed by atoms with Crippen molar-refractivity contribution in [3.8, 4) is 28.9 Å². The maximum Gasteiger partial charge on any atom is 0.295 e. The molecule has 9 heteroatoms. The zero-order valence-electron chi connectivity index (χ0n) is 22.3. The highest BCUT2D eigenvalue weighted by molar-refractivity contribution is 6.10. The quantitative estimate of drug-likeness (QED) is 0.217. The number of furan rings is 1.